The van der Waals surface area contributed by atoms with Crippen molar-refractivity contribution in [2.24, 2.45) is 0 Å². The van der Waals surface area contributed by atoms with E-state index in [1.165, 1.54) is 29.2 Å². The Balaban J connectivity index is 0.00000280. The van der Waals surface area contributed by atoms with Gasteiger partial charge in [-0.05, 0) is 29.8 Å². The van der Waals surface area contributed by atoms with Crippen LogP contribution in [-0.2, 0) is 4.79 Å². The summed E-state index contributed by atoms with van der Waals surface area (Å²) in [6.45, 7) is 2.23. The summed E-state index contributed by atoms with van der Waals surface area (Å²) in [7, 11) is 1.64. The fourth-order valence-electron chi connectivity index (χ4n) is 3.20. The van der Waals surface area contributed by atoms with Crippen molar-refractivity contribution in [3.05, 3.63) is 70.0 Å². The number of piperazine rings is 1. The van der Waals surface area contributed by atoms with Gasteiger partial charge in [-0.25, -0.2) is 4.39 Å². The van der Waals surface area contributed by atoms with Crippen LogP contribution in [-0.4, -0.2) is 49.0 Å². The van der Waals surface area contributed by atoms with Gasteiger partial charge in [0.15, 0.2) is 0 Å². The van der Waals surface area contributed by atoms with E-state index in [-0.39, 0.29) is 42.4 Å². The number of rotatable bonds is 5. The molecule has 2 aromatic carbocycles. The Bertz CT molecular complexity index is 834. The number of likely N-dealkylation sites (N-methyl/N-ethyl adjacent to an activating group) is 1. The van der Waals surface area contributed by atoms with E-state index in [1.54, 1.807) is 25.2 Å². The number of non-ortho nitro benzene ring substituents is 1. The number of nitrogens with one attached hydrogen (secondary N) is 1. The Kier molecular flexibility index (Phi) is 7.45. The minimum atomic E-state index is -0.476. The van der Waals surface area contributed by atoms with Crippen molar-refractivity contribution in [1.29, 1.82) is 0 Å². The zero-order valence-electron chi connectivity index (χ0n) is 15.4. The molecule has 1 saturated heterocycles. The van der Waals surface area contributed by atoms with Crippen LogP contribution in [0.15, 0.2) is 48.5 Å². The van der Waals surface area contributed by atoms with E-state index < -0.39 is 4.92 Å². The Labute approximate surface area is 168 Å². The van der Waals surface area contributed by atoms with Crippen LogP contribution in [0.4, 0.5) is 15.8 Å². The van der Waals surface area contributed by atoms with Crippen LogP contribution in [0.2, 0.25) is 0 Å². The van der Waals surface area contributed by atoms with Crippen LogP contribution in [0.5, 0.6) is 0 Å². The lowest BCUT2D eigenvalue weighted by atomic mass is 10.0. The lowest BCUT2D eigenvalue weighted by Gasteiger charge is -2.36. The third kappa shape index (κ3) is 5.03. The molecule has 1 aliphatic rings. The van der Waals surface area contributed by atoms with Gasteiger partial charge in [-0.2, -0.15) is 0 Å². The first-order chi connectivity index (χ1) is 13.0. The molecule has 3 rings (SSSR count). The number of carbonyl (C=O) groups excluding carboxylic acids is 1. The number of nitro groups is 1. The molecule has 1 unspecified atom stereocenters. The second-order valence-electron chi connectivity index (χ2n) is 6.47. The molecule has 9 heteroatoms. The summed E-state index contributed by atoms with van der Waals surface area (Å²) >= 11 is 0. The highest BCUT2D eigenvalue weighted by Crippen LogP contribution is 2.24. The number of benzene rings is 2. The topological polar surface area (TPSA) is 78.7 Å². The average Bonchev–Trinajstić information content (AvgIpc) is 2.68. The highest BCUT2D eigenvalue weighted by molar-refractivity contribution is 5.94. The number of anilines is 1. The lowest BCUT2D eigenvalue weighted by Crippen LogP contribution is -2.49. The molecule has 0 aliphatic carbocycles. The average molecular weight is 409 g/mol. The predicted molar refractivity (Wildman–Crippen MR) is 107 cm³/mol. The molecule has 1 atom stereocenters. The van der Waals surface area contributed by atoms with E-state index in [1.807, 2.05) is 11.0 Å². The van der Waals surface area contributed by atoms with E-state index in [9.17, 15) is 19.3 Å². The van der Waals surface area contributed by atoms with Crippen molar-refractivity contribution in [2.75, 3.05) is 38.1 Å². The van der Waals surface area contributed by atoms with Crippen molar-refractivity contribution in [3.63, 3.8) is 0 Å². The standard InChI is InChI=1S/C19H21FN4O3.ClH/c1-22(16-5-7-17(8-6-16)24(26)27)19(25)13-23-10-9-21-12-18(23)14-3-2-4-15(20)11-14;/h2-8,11,18,21H,9-10,12-13H2,1H3;1H. The first kappa shape index (κ1) is 21.7. The molecule has 0 radical (unpaired) electrons. The number of nitrogens with zero attached hydrogens (tertiary/aromatic N) is 3. The molecule has 150 valence electrons. The maximum absolute atomic E-state index is 13.6. The van der Waals surface area contributed by atoms with Crippen LogP contribution in [0, 0.1) is 15.9 Å². The molecule has 0 aromatic heterocycles. The van der Waals surface area contributed by atoms with Crippen molar-refractivity contribution in [3.8, 4) is 0 Å². The van der Waals surface area contributed by atoms with E-state index >= 15 is 0 Å². The van der Waals surface area contributed by atoms with Crippen LogP contribution < -0.4 is 10.2 Å². The van der Waals surface area contributed by atoms with Crippen LogP contribution in [0.1, 0.15) is 11.6 Å². The van der Waals surface area contributed by atoms with Crippen molar-refractivity contribution in [2.45, 2.75) is 6.04 Å². The van der Waals surface area contributed by atoms with E-state index in [0.717, 1.165) is 12.1 Å². The quantitative estimate of drug-likeness (QED) is 0.608. The Morgan fingerprint density at radius 3 is 2.68 bits per heavy atom. The molecule has 1 N–H and O–H groups in total. The molecule has 2 aromatic rings. The first-order valence-corrected chi connectivity index (χ1v) is 8.67. The molecule has 0 bridgehead atoms. The summed E-state index contributed by atoms with van der Waals surface area (Å²) < 4.78 is 13.6. The van der Waals surface area contributed by atoms with Gasteiger partial charge in [0.25, 0.3) is 5.69 Å². The van der Waals surface area contributed by atoms with Crippen LogP contribution >= 0.6 is 12.4 Å². The van der Waals surface area contributed by atoms with Crippen molar-refractivity contribution < 1.29 is 14.1 Å². The van der Waals surface area contributed by atoms with Gasteiger partial charge in [-0.15, -0.1) is 12.4 Å². The number of carbonyl (C=O) groups is 1. The molecule has 1 amide bonds. The Morgan fingerprint density at radius 1 is 1.32 bits per heavy atom. The monoisotopic (exact) mass is 408 g/mol. The first-order valence-electron chi connectivity index (χ1n) is 8.67. The van der Waals surface area contributed by atoms with E-state index in [0.29, 0.717) is 18.8 Å². The summed E-state index contributed by atoms with van der Waals surface area (Å²) in [5.74, 6) is -0.431. The largest absolute Gasteiger partial charge is 0.314 e. The van der Waals surface area contributed by atoms with Crippen LogP contribution in [0.3, 0.4) is 0 Å². The Hall–Kier alpha value is -2.55. The summed E-state index contributed by atoms with van der Waals surface area (Å²) in [4.78, 5) is 26.5. The van der Waals surface area contributed by atoms with Gasteiger partial charge >= 0.3 is 0 Å². The Morgan fingerprint density at radius 2 is 2.04 bits per heavy atom. The molecule has 7 nitrogen and oxygen atoms in total. The lowest BCUT2D eigenvalue weighted by molar-refractivity contribution is -0.384. The van der Waals surface area contributed by atoms with Gasteiger partial charge in [0.05, 0.1) is 11.5 Å². The van der Waals surface area contributed by atoms with E-state index in [2.05, 4.69) is 5.32 Å². The van der Waals surface area contributed by atoms with Gasteiger partial charge in [0.2, 0.25) is 5.91 Å². The SMILES string of the molecule is CN(C(=O)CN1CCNCC1c1cccc(F)c1)c1ccc([N+](=O)[O-])cc1.Cl. The molecule has 28 heavy (non-hydrogen) atoms. The molecular formula is C19H22ClFN4O3. The number of hydrogen-bond donors (Lipinski definition) is 1. The third-order valence-electron chi connectivity index (χ3n) is 4.75. The number of nitro benzene ring substituents is 1. The minimum Gasteiger partial charge on any atom is -0.314 e. The zero-order chi connectivity index (χ0) is 19.4. The van der Waals surface area contributed by atoms with Gasteiger partial charge in [-0.1, -0.05) is 12.1 Å². The molecular weight excluding hydrogens is 387 g/mol. The highest BCUT2D eigenvalue weighted by Gasteiger charge is 2.27. The smallest absolute Gasteiger partial charge is 0.269 e. The maximum atomic E-state index is 13.6. The third-order valence-corrected chi connectivity index (χ3v) is 4.75. The summed E-state index contributed by atoms with van der Waals surface area (Å²) in [5, 5.41) is 14.0. The minimum absolute atomic E-state index is 0. The zero-order valence-corrected chi connectivity index (χ0v) is 16.2. The summed E-state index contributed by atoms with van der Waals surface area (Å²) in [6, 6.07) is 12.2. The summed E-state index contributed by atoms with van der Waals surface area (Å²) in [5.41, 5.74) is 1.39. The highest BCUT2D eigenvalue weighted by atomic mass is 35.5. The fourth-order valence-corrected chi connectivity index (χ4v) is 3.20. The molecule has 0 saturated carbocycles. The normalized spacial score (nSPS) is 16.9. The summed E-state index contributed by atoms with van der Waals surface area (Å²) in [6.07, 6.45) is 0. The number of hydrogen-bond acceptors (Lipinski definition) is 5. The van der Waals surface area contributed by atoms with Crippen molar-refractivity contribution in [1.82, 2.24) is 10.2 Å². The van der Waals surface area contributed by atoms with Gasteiger partial charge in [-0.3, -0.25) is 19.8 Å². The van der Waals surface area contributed by atoms with Crippen molar-refractivity contribution >= 4 is 29.7 Å². The van der Waals surface area contributed by atoms with Gasteiger partial charge in [0, 0.05) is 50.5 Å². The maximum Gasteiger partial charge on any atom is 0.269 e. The molecule has 1 heterocycles. The van der Waals surface area contributed by atoms with Gasteiger partial charge in [0.1, 0.15) is 5.82 Å². The molecule has 1 fully saturated rings. The van der Waals surface area contributed by atoms with Crippen LogP contribution in [0.25, 0.3) is 0 Å². The number of amides is 1. The molecule has 1 aliphatic heterocycles. The van der Waals surface area contributed by atoms with E-state index in [4.69, 9.17) is 0 Å². The second kappa shape index (κ2) is 9.59. The predicted octanol–water partition coefficient (Wildman–Crippen LogP) is 2.77. The molecule has 0 spiro atoms. The number of halogens is 2. The van der Waals surface area contributed by atoms with Gasteiger partial charge < -0.3 is 10.2 Å². The fraction of sp³-hybridized carbons (Fsp3) is 0.316. The second-order valence-corrected chi connectivity index (χ2v) is 6.47.